The molecule has 5 nitrogen and oxygen atoms in total. The molecule has 3 N–H and O–H groups in total. The minimum Gasteiger partial charge on any atom is -0.368 e. The molecule has 1 heterocycles. The first-order valence-electron chi connectivity index (χ1n) is 7.70. The zero-order chi connectivity index (χ0) is 17.7. The number of piperidine rings is 1. The van der Waals surface area contributed by atoms with Gasteiger partial charge in [0.15, 0.2) is 0 Å². The number of rotatable bonds is 5. The molecule has 0 radical (unpaired) electrons. The van der Waals surface area contributed by atoms with E-state index in [1.807, 2.05) is 28.4 Å². The minimum absolute atomic E-state index is 0.389. The number of amides is 2. The Morgan fingerprint density at radius 3 is 2.29 bits per heavy atom. The fourth-order valence-electron chi connectivity index (χ4n) is 2.94. The van der Waals surface area contributed by atoms with E-state index >= 15 is 0 Å². The van der Waals surface area contributed by atoms with Crippen LogP contribution in [0.4, 0.5) is 13.2 Å². The van der Waals surface area contributed by atoms with Crippen molar-refractivity contribution in [1.82, 2.24) is 10.2 Å². The van der Waals surface area contributed by atoms with Crippen molar-refractivity contribution in [3.63, 3.8) is 0 Å². The fraction of sp³-hybridized carbons (Fsp3) is 0.500. The predicted octanol–water partition coefficient (Wildman–Crippen LogP) is 1.60. The number of carbonyl (C=O) groups is 2. The minimum atomic E-state index is -4.42. The average molecular weight is 343 g/mol. The van der Waals surface area contributed by atoms with E-state index < -0.39 is 36.5 Å². The molecule has 1 aliphatic heterocycles. The lowest BCUT2D eigenvalue weighted by molar-refractivity contribution is -0.142. The molecular weight excluding hydrogens is 323 g/mol. The number of hydrogen-bond acceptors (Lipinski definition) is 3. The first kappa shape index (κ1) is 18.3. The number of alkyl halides is 3. The Morgan fingerprint density at radius 1 is 1.21 bits per heavy atom. The molecule has 1 aliphatic rings. The summed E-state index contributed by atoms with van der Waals surface area (Å²) in [4.78, 5) is 25.5. The summed E-state index contributed by atoms with van der Waals surface area (Å²) in [5, 5.41) is 1.92. The van der Waals surface area contributed by atoms with Crippen molar-refractivity contribution in [3.05, 3.63) is 35.9 Å². The lowest BCUT2D eigenvalue weighted by atomic mass is 9.93. The molecule has 0 aliphatic carbocycles. The van der Waals surface area contributed by atoms with Crippen LogP contribution in [0, 0.1) is 5.92 Å². The topological polar surface area (TPSA) is 75.4 Å². The Morgan fingerprint density at radius 2 is 1.79 bits per heavy atom. The second kappa shape index (κ2) is 7.65. The maximum atomic E-state index is 12.2. The molecule has 0 bridgehead atoms. The van der Waals surface area contributed by atoms with Gasteiger partial charge in [-0.3, -0.25) is 14.5 Å². The third kappa shape index (κ3) is 4.95. The van der Waals surface area contributed by atoms with Crippen LogP contribution in [0.1, 0.15) is 24.4 Å². The number of likely N-dealkylation sites (tertiary alicyclic amines) is 1. The molecule has 1 aromatic rings. The lowest BCUT2D eigenvalue weighted by Gasteiger charge is -2.35. The van der Waals surface area contributed by atoms with Crippen molar-refractivity contribution in [1.29, 1.82) is 0 Å². The van der Waals surface area contributed by atoms with Gasteiger partial charge in [-0.05, 0) is 31.5 Å². The molecule has 1 atom stereocenters. The summed E-state index contributed by atoms with van der Waals surface area (Å²) in [6, 6.07) is 8.46. The number of carbonyl (C=O) groups excluding carboxylic acids is 2. The standard InChI is InChI=1S/C16H20F3N3O2/c17-16(18,19)10-21-15(24)12-6-8-22(9-7-12)13(14(20)23)11-4-2-1-3-5-11/h1-5,12-13H,6-10H2,(H2,20,23)(H,21,24)/t13-/m1/s1. The van der Waals surface area contributed by atoms with Crippen LogP contribution in [0.5, 0.6) is 0 Å². The molecule has 0 saturated carbocycles. The van der Waals surface area contributed by atoms with Gasteiger partial charge in [0, 0.05) is 5.92 Å². The average Bonchev–Trinajstić information content (AvgIpc) is 2.53. The number of nitrogens with zero attached hydrogens (tertiary/aromatic N) is 1. The van der Waals surface area contributed by atoms with Gasteiger partial charge in [0.1, 0.15) is 12.6 Å². The van der Waals surface area contributed by atoms with E-state index in [1.165, 1.54) is 0 Å². The number of halogens is 3. The highest BCUT2D eigenvalue weighted by Crippen LogP contribution is 2.27. The number of nitrogens with one attached hydrogen (secondary N) is 1. The summed E-state index contributed by atoms with van der Waals surface area (Å²) in [6.45, 7) is -0.473. The maximum Gasteiger partial charge on any atom is 0.405 e. The third-order valence-corrected chi connectivity index (χ3v) is 4.11. The second-order valence-electron chi connectivity index (χ2n) is 5.86. The molecule has 24 heavy (non-hydrogen) atoms. The molecule has 2 amide bonds. The molecule has 1 fully saturated rings. The van der Waals surface area contributed by atoms with Crippen LogP contribution >= 0.6 is 0 Å². The molecule has 1 saturated heterocycles. The Labute approximate surface area is 138 Å². The molecule has 132 valence electrons. The number of nitrogens with two attached hydrogens (primary N) is 1. The van der Waals surface area contributed by atoms with Crippen LogP contribution < -0.4 is 11.1 Å². The van der Waals surface area contributed by atoms with E-state index in [9.17, 15) is 22.8 Å². The number of benzene rings is 1. The van der Waals surface area contributed by atoms with Crippen molar-refractivity contribution >= 4 is 11.8 Å². The molecule has 0 aromatic heterocycles. The smallest absolute Gasteiger partial charge is 0.368 e. The van der Waals surface area contributed by atoms with E-state index in [4.69, 9.17) is 5.73 Å². The van der Waals surface area contributed by atoms with Crippen LogP contribution in [0.3, 0.4) is 0 Å². The zero-order valence-electron chi connectivity index (χ0n) is 13.1. The molecule has 8 heteroatoms. The Balaban J connectivity index is 1.93. The van der Waals surface area contributed by atoms with Gasteiger partial charge in [-0.1, -0.05) is 30.3 Å². The third-order valence-electron chi connectivity index (χ3n) is 4.11. The van der Waals surface area contributed by atoms with Crippen molar-refractivity contribution in [2.75, 3.05) is 19.6 Å². The summed E-state index contributed by atoms with van der Waals surface area (Å²) in [6.07, 6.45) is -3.64. The van der Waals surface area contributed by atoms with E-state index in [2.05, 4.69) is 0 Å². The summed E-state index contributed by atoms with van der Waals surface area (Å²) >= 11 is 0. The van der Waals surface area contributed by atoms with Crippen molar-refractivity contribution in [3.8, 4) is 0 Å². The van der Waals surface area contributed by atoms with Gasteiger partial charge >= 0.3 is 6.18 Å². The molecule has 0 spiro atoms. The van der Waals surface area contributed by atoms with Gasteiger partial charge in [-0.2, -0.15) is 13.2 Å². The monoisotopic (exact) mass is 343 g/mol. The quantitative estimate of drug-likeness (QED) is 0.853. The lowest BCUT2D eigenvalue weighted by Crippen LogP contribution is -2.46. The van der Waals surface area contributed by atoms with Crippen molar-refractivity contribution in [2.45, 2.75) is 25.1 Å². The van der Waals surface area contributed by atoms with Crippen molar-refractivity contribution < 1.29 is 22.8 Å². The Kier molecular flexibility index (Phi) is 5.82. The van der Waals surface area contributed by atoms with E-state index in [-0.39, 0.29) is 0 Å². The SMILES string of the molecule is NC(=O)[C@@H](c1ccccc1)N1CCC(C(=O)NCC(F)(F)F)CC1. The largest absolute Gasteiger partial charge is 0.405 e. The summed E-state index contributed by atoms with van der Waals surface area (Å²) in [7, 11) is 0. The first-order valence-corrected chi connectivity index (χ1v) is 7.70. The summed E-state index contributed by atoms with van der Waals surface area (Å²) < 4.78 is 36.5. The van der Waals surface area contributed by atoms with E-state index in [0.29, 0.717) is 25.9 Å². The van der Waals surface area contributed by atoms with E-state index in [1.54, 1.807) is 12.1 Å². The van der Waals surface area contributed by atoms with E-state index in [0.717, 1.165) is 5.56 Å². The summed E-state index contributed by atoms with van der Waals surface area (Å²) in [5.74, 6) is -1.56. The maximum absolute atomic E-state index is 12.2. The van der Waals surface area contributed by atoms with Gasteiger partial charge in [-0.25, -0.2) is 0 Å². The fourth-order valence-corrected chi connectivity index (χ4v) is 2.94. The molecule has 2 rings (SSSR count). The number of primary amides is 1. The van der Waals surface area contributed by atoms with Gasteiger partial charge in [0.05, 0.1) is 0 Å². The Hall–Kier alpha value is -2.09. The second-order valence-corrected chi connectivity index (χ2v) is 5.86. The van der Waals surface area contributed by atoms with Crippen LogP contribution in [-0.2, 0) is 9.59 Å². The van der Waals surface area contributed by atoms with Gasteiger partial charge in [0.2, 0.25) is 11.8 Å². The van der Waals surface area contributed by atoms with Gasteiger partial charge < -0.3 is 11.1 Å². The number of hydrogen-bond donors (Lipinski definition) is 2. The first-order chi connectivity index (χ1) is 11.3. The van der Waals surface area contributed by atoms with Gasteiger partial charge in [0.25, 0.3) is 0 Å². The Bertz CT molecular complexity index is 570. The van der Waals surface area contributed by atoms with Crippen molar-refractivity contribution in [2.24, 2.45) is 11.7 Å². The van der Waals surface area contributed by atoms with Crippen LogP contribution in [0.15, 0.2) is 30.3 Å². The zero-order valence-corrected chi connectivity index (χ0v) is 13.1. The normalized spacial score (nSPS) is 18.1. The molecule has 0 unspecified atom stereocenters. The van der Waals surface area contributed by atoms with Crippen LogP contribution in [0.25, 0.3) is 0 Å². The highest BCUT2D eigenvalue weighted by atomic mass is 19.4. The predicted molar refractivity (Wildman–Crippen MR) is 81.7 cm³/mol. The van der Waals surface area contributed by atoms with Crippen LogP contribution in [0.2, 0.25) is 0 Å². The molecule has 1 aromatic carbocycles. The highest BCUT2D eigenvalue weighted by molar-refractivity contribution is 5.81. The van der Waals surface area contributed by atoms with Gasteiger partial charge in [-0.15, -0.1) is 0 Å². The molecular formula is C16H20F3N3O2. The summed E-state index contributed by atoms with van der Waals surface area (Å²) in [5.41, 5.74) is 6.27. The highest BCUT2D eigenvalue weighted by Gasteiger charge is 2.34. The van der Waals surface area contributed by atoms with Crippen LogP contribution in [-0.4, -0.2) is 42.5 Å².